The highest BCUT2D eigenvalue weighted by molar-refractivity contribution is 8.18. The Morgan fingerprint density at radius 1 is 1.18 bits per heavy atom. The lowest BCUT2D eigenvalue weighted by atomic mass is 10.1. The number of non-ortho nitro benzene ring substituents is 1. The van der Waals surface area contributed by atoms with E-state index in [9.17, 15) is 29.9 Å². The number of benzene rings is 2. The van der Waals surface area contributed by atoms with Crippen LogP contribution in [0.5, 0.6) is 11.5 Å². The largest absolute Gasteiger partial charge is 0.507 e. The Morgan fingerprint density at radius 2 is 1.89 bits per heavy atom. The van der Waals surface area contributed by atoms with Gasteiger partial charge >= 0.3 is 5.97 Å². The monoisotopic (exact) mass is 401 g/mol. The first-order valence-electron chi connectivity index (χ1n) is 7.58. The molecule has 0 spiro atoms. The van der Waals surface area contributed by atoms with Crippen molar-refractivity contribution in [2.75, 3.05) is 0 Å². The van der Waals surface area contributed by atoms with E-state index < -0.39 is 22.5 Å². The number of phenolic OH excluding ortho intramolecular Hbond substituents is 1. The van der Waals surface area contributed by atoms with Gasteiger partial charge in [-0.2, -0.15) is 0 Å². The fraction of sp³-hybridized carbons (Fsp3) is 0. The van der Waals surface area contributed by atoms with Crippen molar-refractivity contribution in [3.63, 3.8) is 0 Å². The first kappa shape index (κ1) is 18.9. The van der Waals surface area contributed by atoms with E-state index in [4.69, 9.17) is 5.11 Å². The summed E-state index contributed by atoms with van der Waals surface area (Å²) in [7, 11) is 0. The van der Waals surface area contributed by atoms with E-state index in [0.717, 1.165) is 36.0 Å². The van der Waals surface area contributed by atoms with Gasteiger partial charge in [-0.15, -0.1) is 0 Å². The Labute approximate surface area is 161 Å². The molecule has 0 atom stereocenters. The third kappa shape index (κ3) is 3.94. The van der Waals surface area contributed by atoms with E-state index in [1.54, 1.807) is 0 Å². The second-order valence-electron chi connectivity index (χ2n) is 5.49. The zero-order chi connectivity index (χ0) is 20.4. The van der Waals surface area contributed by atoms with Crippen molar-refractivity contribution < 1.29 is 29.8 Å². The minimum atomic E-state index is -1.33. The van der Waals surface area contributed by atoms with Gasteiger partial charge in [-0.1, -0.05) is 0 Å². The number of rotatable bonds is 4. The number of thioether (sulfide) groups is 1. The molecule has 10 nitrogen and oxygen atoms in total. The molecule has 28 heavy (non-hydrogen) atoms. The fourth-order valence-electron chi connectivity index (χ4n) is 2.27. The first-order valence-corrected chi connectivity index (χ1v) is 8.39. The average Bonchev–Trinajstić information content (AvgIpc) is 2.97. The molecule has 1 heterocycles. The van der Waals surface area contributed by atoms with Crippen LogP contribution in [0.3, 0.4) is 0 Å². The number of aromatic carboxylic acids is 1. The number of nitro groups is 1. The number of hydrogen-bond acceptors (Lipinski definition) is 8. The van der Waals surface area contributed by atoms with Crippen molar-refractivity contribution in [3.05, 3.63) is 62.5 Å². The fourth-order valence-corrected chi connectivity index (χ4v) is 3.11. The molecule has 1 fully saturated rings. The van der Waals surface area contributed by atoms with Crippen molar-refractivity contribution in [1.82, 2.24) is 5.32 Å². The third-order valence-electron chi connectivity index (χ3n) is 3.60. The molecule has 0 aromatic heterocycles. The summed E-state index contributed by atoms with van der Waals surface area (Å²) >= 11 is 0.909. The van der Waals surface area contributed by atoms with Gasteiger partial charge in [0.05, 0.1) is 15.5 Å². The molecule has 11 heteroatoms. The quantitative estimate of drug-likeness (QED) is 0.345. The molecule has 3 rings (SSSR count). The summed E-state index contributed by atoms with van der Waals surface area (Å²) in [6, 6.07) is 7.10. The summed E-state index contributed by atoms with van der Waals surface area (Å²) in [5.41, 5.74) is -0.302. The number of nitrogens with zero attached hydrogens (tertiary/aromatic N) is 2. The number of nitrogens with one attached hydrogen (secondary N) is 1. The number of aliphatic imine (C=N–C) groups is 1. The molecule has 0 unspecified atom stereocenters. The van der Waals surface area contributed by atoms with Gasteiger partial charge in [0.15, 0.2) is 5.17 Å². The van der Waals surface area contributed by atoms with Crippen LogP contribution in [-0.4, -0.2) is 37.3 Å². The molecule has 0 bridgehead atoms. The van der Waals surface area contributed by atoms with Gasteiger partial charge in [0.2, 0.25) is 0 Å². The van der Waals surface area contributed by atoms with E-state index in [2.05, 4.69) is 10.3 Å². The summed E-state index contributed by atoms with van der Waals surface area (Å²) in [5.74, 6) is -2.51. The van der Waals surface area contributed by atoms with Crippen LogP contribution in [0.1, 0.15) is 15.9 Å². The van der Waals surface area contributed by atoms with Crippen molar-refractivity contribution >= 4 is 46.3 Å². The molecular formula is C17H11N3O7S. The van der Waals surface area contributed by atoms with Crippen molar-refractivity contribution in [3.8, 4) is 11.5 Å². The number of phenols is 2. The predicted octanol–water partition coefficient (Wildman–Crippen LogP) is 2.60. The lowest BCUT2D eigenvalue weighted by Crippen LogP contribution is -2.19. The number of aromatic hydroxyl groups is 2. The molecule has 142 valence electrons. The topological polar surface area (TPSA) is 162 Å². The summed E-state index contributed by atoms with van der Waals surface area (Å²) in [4.78, 5) is 37.7. The molecule has 4 N–H and O–H groups in total. The Kier molecular flexibility index (Phi) is 5.00. The molecule has 2 aromatic rings. The van der Waals surface area contributed by atoms with Gasteiger partial charge in [-0.05, 0) is 42.1 Å². The smallest absolute Gasteiger partial charge is 0.339 e. The number of amides is 1. The first-order chi connectivity index (χ1) is 13.2. The second-order valence-corrected chi connectivity index (χ2v) is 6.52. The molecule has 1 aliphatic heterocycles. The van der Waals surface area contributed by atoms with E-state index in [1.807, 2.05) is 0 Å². The van der Waals surface area contributed by atoms with Crippen LogP contribution in [0.2, 0.25) is 0 Å². The number of carboxylic acids is 1. The zero-order valence-corrected chi connectivity index (χ0v) is 14.6. The average molecular weight is 401 g/mol. The molecular weight excluding hydrogens is 390 g/mol. The van der Waals surface area contributed by atoms with Crippen LogP contribution in [-0.2, 0) is 4.79 Å². The van der Waals surface area contributed by atoms with Gasteiger partial charge in [-0.25, -0.2) is 9.79 Å². The van der Waals surface area contributed by atoms with Gasteiger partial charge < -0.3 is 20.6 Å². The molecule has 0 aliphatic carbocycles. The van der Waals surface area contributed by atoms with Crippen molar-refractivity contribution in [2.24, 2.45) is 4.99 Å². The second kappa shape index (κ2) is 7.40. The maximum absolute atomic E-state index is 12.1. The van der Waals surface area contributed by atoms with E-state index in [1.165, 1.54) is 18.2 Å². The van der Waals surface area contributed by atoms with Gasteiger partial charge in [0.1, 0.15) is 17.1 Å². The highest BCUT2D eigenvalue weighted by Gasteiger charge is 2.25. The standard InChI is InChI=1S/C17H11N3O7S/c21-12-4-2-10(20(26)27)5-8(12)6-14-15(23)19-17(28-14)18-9-1-3-13(22)11(7-9)16(24)25/h1-7,21-22H,(H,24,25)(H,18,19,23)/b14-6-. The van der Waals surface area contributed by atoms with Gasteiger partial charge in [0.25, 0.3) is 11.6 Å². The lowest BCUT2D eigenvalue weighted by molar-refractivity contribution is -0.384. The Morgan fingerprint density at radius 3 is 2.57 bits per heavy atom. The van der Waals surface area contributed by atoms with Gasteiger partial charge in [0, 0.05) is 17.7 Å². The minimum absolute atomic E-state index is 0.0888. The summed E-state index contributed by atoms with van der Waals surface area (Å²) in [6.07, 6.45) is 1.28. The third-order valence-corrected chi connectivity index (χ3v) is 4.51. The SMILES string of the molecule is O=C1NC(=Nc2ccc(O)c(C(=O)O)c2)S/C1=C\c1cc([N+](=O)[O-])ccc1O. The molecule has 1 aliphatic rings. The minimum Gasteiger partial charge on any atom is -0.507 e. The maximum Gasteiger partial charge on any atom is 0.339 e. The Balaban J connectivity index is 1.90. The number of amidine groups is 1. The number of hydrogen-bond donors (Lipinski definition) is 4. The van der Waals surface area contributed by atoms with Crippen LogP contribution in [0.15, 0.2) is 46.3 Å². The van der Waals surface area contributed by atoms with Crippen LogP contribution in [0.25, 0.3) is 6.08 Å². The lowest BCUT2D eigenvalue weighted by Gasteiger charge is -2.01. The number of carboxylic acid groups (broad SMARTS) is 1. The molecule has 1 saturated heterocycles. The van der Waals surface area contributed by atoms with Gasteiger partial charge in [-0.3, -0.25) is 14.9 Å². The van der Waals surface area contributed by atoms with E-state index in [-0.39, 0.29) is 38.3 Å². The number of carbonyl (C=O) groups excluding carboxylic acids is 1. The van der Waals surface area contributed by atoms with E-state index >= 15 is 0 Å². The normalized spacial score (nSPS) is 16.4. The van der Waals surface area contributed by atoms with Crippen molar-refractivity contribution in [1.29, 1.82) is 0 Å². The molecule has 0 saturated carbocycles. The summed E-state index contributed by atoms with van der Waals surface area (Å²) in [5, 5.41) is 41.9. The number of nitro benzene ring substituents is 1. The summed E-state index contributed by atoms with van der Waals surface area (Å²) < 4.78 is 0. The molecule has 1 amide bonds. The maximum atomic E-state index is 12.1. The van der Waals surface area contributed by atoms with Crippen LogP contribution < -0.4 is 5.32 Å². The highest BCUT2D eigenvalue weighted by Crippen LogP contribution is 2.32. The predicted molar refractivity (Wildman–Crippen MR) is 101 cm³/mol. The van der Waals surface area contributed by atoms with Crippen LogP contribution in [0.4, 0.5) is 11.4 Å². The van der Waals surface area contributed by atoms with Crippen molar-refractivity contribution in [2.45, 2.75) is 0 Å². The molecule has 2 aromatic carbocycles. The summed E-state index contributed by atoms with van der Waals surface area (Å²) in [6.45, 7) is 0. The number of carbonyl (C=O) groups is 2. The van der Waals surface area contributed by atoms with E-state index in [0.29, 0.717) is 0 Å². The molecule has 0 radical (unpaired) electrons. The Bertz CT molecular complexity index is 1080. The van der Waals surface area contributed by atoms with Crippen LogP contribution >= 0.6 is 11.8 Å². The van der Waals surface area contributed by atoms with Crippen LogP contribution in [0, 0.1) is 10.1 Å². The highest BCUT2D eigenvalue weighted by atomic mass is 32.2. The Hall–Kier alpha value is -3.86. The zero-order valence-electron chi connectivity index (χ0n) is 13.8.